The summed E-state index contributed by atoms with van der Waals surface area (Å²) in [6.07, 6.45) is 2.85. The van der Waals surface area contributed by atoms with Crippen LogP contribution in [0.15, 0.2) is 15.5 Å². The molecule has 0 radical (unpaired) electrons. The second-order valence-electron chi connectivity index (χ2n) is 5.75. The molecule has 1 aromatic rings. The zero-order chi connectivity index (χ0) is 14.4. The number of fused-ring (bicyclic) bond motifs is 1. The molecule has 0 bridgehead atoms. The Hall–Kier alpha value is -0.920. The molecule has 1 aliphatic carbocycles. The molecule has 4 unspecified atom stereocenters. The second kappa shape index (κ2) is 5.13. The summed E-state index contributed by atoms with van der Waals surface area (Å²) in [6.45, 7) is 4.62. The minimum absolute atomic E-state index is 0.0290. The highest BCUT2D eigenvalue weighted by Gasteiger charge is 2.52. The maximum absolute atomic E-state index is 12.2. The Morgan fingerprint density at radius 3 is 3.05 bits per heavy atom. The molecular formula is C13H19BrN4O2. The number of rotatable bonds is 3. The van der Waals surface area contributed by atoms with Gasteiger partial charge in [-0.05, 0) is 36.2 Å². The summed E-state index contributed by atoms with van der Waals surface area (Å²) < 4.78 is 7.62. The van der Waals surface area contributed by atoms with Crippen molar-refractivity contribution in [1.82, 2.24) is 9.78 Å². The maximum Gasteiger partial charge on any atom is 0.283 e. The number of aromatic nitrogens is 2. The molecule has 1 saturated heterocycles. The summed E-state index contributed by atoms with van der Waals surface area (Å²) in [5, 5.41) is 7.49. The van der Waals surface area contributed by atoms with Crippen molar-refractivity contribution in [3.8, 4) is 0 Å². The van der Waals surface area contributed by atoms with Crippen molar-refractivity contribution in [2.75, 3.05) is 11.9 Å². The van der Waals surface area contributed by atoms with Crippen molar-refractivity contribution in [3.05, 3.63) is 21.0 Å². The number of nitrogens with zero attached hydrogens (tertiary/aromatic N) is 2. The lowest BCUT2D eigenvalue weighted by Gasteiger charge is -2.46. The van der Waals surface area contributed by atoms with E-state index in [9.17, 15) is 4.79 Å². The summed E-state index contributed by atoms with van der Waals surface area (Å²) in [7, 11) is 0. The summed E-state index contributed by atoms with van der Waals surface area (Å²) in [6, 6.07) is 0.151. The van der Waals surface area contributed by atoms with Crippen LogP contribution in [-0.2, 0) is 4.74 Å². The molecule has 1 aliphatic heterocycles. The first kappa shape index (κ1) is 14.0. The fourth-order valence-electron chi connectivity index (χ4n) is 3.02. The fourth-order valence-corrected chi connectivity index (χ4v) is 3.42. The molecule has 0 amide bonds. The number of hydrogen-bond acceptors (Lipinski definition) is 5. The van der Waals surface area contributed by atoms with Crippen LogP contribution < -0.4 is 16.6 Å². The highest BCUT2D eigenvalue weighted by Crippen LogP contribution is 2.39. The van der Waals surface area contributed by atoms with E-state index >= 15 is 0 Å². The zero-order valence-electron chi connectivity index (χ0n) is 11.5. The van der Waals surface area contributed by atoms with E-state index in [1.165, 1.54) is 4.68 Å². The first-order valence-corrected chi connectivity index (χ1v) is 7.71. The van der Waals surface area contributed by atoms with Crippen LogP contribution in [0.5, 0.6) is 0 Å². The first-order chi connectivity index (χ1) is 9.50. The smallest absolute Gasteiger partial charge is 0.283 e. The molecule has 1 saturated carbocycles. The van der Waals surface area contributed by atoms with E-state index < -0.39 is 0 Å². The van der Waals surface area contributed by atoms with Crippen molar-refractivity contribution in [3.63, 3.8) is 0 Å². The third-order valence-corrected chi connectivity index (χ3v) is 4.97. The lowest BCUT2D eigenvalue weighted by molar-refractivity contribution is 0.00533. The third kappa shape index (κ3) is 2.08. The van der Waals surface area contributed by atoms with E-state index in [0.717, 1.165) is 13.0 Å². The van der Waals surface area contributed by atoms with Gasteiger partial charge >= 0.3 is 0 Å². The van der Waals surface area contributed by atoms with Crippen molar-refractivity contribution in [2.24, 2.45) is 11.7 Å². The Kier molecular flexibility index (Phi) is 3.60. The van der Waals surface area contributed by atoms with Crippen molar-refractivity contribution in [2.45, 2.75) is 44.5 Å². The van der Waals surface area contributed by atoms with E-state index in [4.69, 9.17) is 10.5 Å². The molecule has 2 aliphatic rings. The Morgan fingerprint density at radius 1 is 1.60 bits per heavy atom. The van der Waals surface area contributed by atoms with Gasteiger partial charge in [-0.15, -0.1) is 0 Å². The Labute approximate surface area is 125 Å². The largest absolute Gasteiger partial charge is 0.376 e. The molecule has 6 nitrogen and oxygen atoms in total. The van der Waals surface area contributed by atoms with Gasteiger partial charge in [0.2, 0.25) is 0 Å². The van der Waals surface area contributed by atoms with Gasteiger partial charge in [-0.25, -0.2) is 4.68 Å². The van der Waals surface area contributed by atoms with Crippen LogP contribution >= 0.6 is 15.9 Å². The van der Waals surface area contributed by atoms with Crippen LogP contribution in [0, 0.1) is 5.92 Å². The number of halogens is 1. The standard InChI is InChI=1S/C13H19BrN4O2/c1-6(2)18-13(19)9(14)8(5-16-18)17-11-10(15)7-3-4-20-12(7)11/h5-7,10-12,17H,3-4,15H2,1-2H3. The Balaban J connectivity index is 1.82. The van der Waals surface area contributed by atoms with Crippen molar-refractivity contribution in [1.29, 1.82) is 0 Å². The second-order valence-corrected chi connectivity index (χ2v) is 6.54. The van der Waals surface area contributed by atoms with Gasteiger partial charge in [0.05, 0.1) is 30.1 Å². The molecule has 0 aromatic carbocycles. The van der Waals surface area contributed by atoms with Gasteiger partial charge in [0.25, 0.3) is 5.56 Å². The van der Waals surface area contributed by atoms with Crippen LogP contribution in [0.25, 0.3) is 0 Å². The molecule has 2 fully saturated rings. The first-order valence-electron chi connectivity index (χ1n) is 6.91. The number of nitrogens with one attached hydrogen (secondary N) is 1. The van der Waals surface area contributed by atoms with Crippen LogP contribution in [0.1, 0.15) is 26.3 Å². The van der Waals surface area contributed by atoms with Crippen LogP contribution in [0.4, 0.5) is 5.69 Å². The molecule has 2 heterocycles. The Bertz CT molecular complexity index is 574. The summed E-state index contributed by atoms with van der Waals surface area (Å²) in [5.41, 5.74) is 6.70. The van der Waals surface area contributed by atoms with Crippen molar-refractivity contribution < 1.29 is 4.74 Å². The molecule has 3 N–H and O–H groups in total. The van der Waals surface area contributed by atoms with Gasteiger partial charge in [0, 0.05) is 18.6 Å². The van der Waals surface area contributed by atoms with Crippen molar-refractivity contribution >= 4 is 21.6 Å². The summed E-state index contributed by atoms with van der Waals surface area (Å²) in [4.78, 5) is 12.2. The normalized spacial score (nSPS) is 32.0. The predicted octanol–water partition coefficient (Wildman–Crippen LogP) is 1.11. The van der Waals surface area contributed by atoms with Gasteiger partial charge in [-0.3, -0.25) is 4.79 Å². The highest BCUT2D eigenvalue weighted by molar-refractivity contribution is 9.10. The van der Waals surface area contributed by atoms with Crippen LogP contribution in [0.2, 0.25) is 0 Å². The molecule has 110 valence electrons. The van der Waals surface area contributed by atoms with Gasteiger partial charge in [0.1, 0.15) is 4.47 Å². The average molecular weight is 343 g/mol. The van der Waals surface area contributed by atoms with Gasteiger partial charge in [-0.1, -0.05) is 0 Å². The van der Waals surface area contributed by atoms with E-state index in [0.29, 0.717) is 16.1 Å². The minimum atomic E-state index is -0.137. The lowest BCUT2D eigenvalue weighted by atomic mass is 9.72. The number of ether oxygens (including phenoxy) is 1. The summed E-state index contributed by atoms with van der Waals surface area (Å²) >= 11 is 3.36. The zero-order valence-corrected chi connectivity index (χ0v) is 13.1. The van der Waals surface area contributed by atoms with Gasteiger partial charge < -0.3 is 15.8 Å². The average Bonchev–Trinajstić information content (AvgIpc) is 2.84. The topological polar surface area (TPSA) is 82.2 Å². The van der Waals surface area contributed by atoms with E-state index in [2.05, 4.69) is 26.3 Å². The molecule has 3 rings (SSSR count). The number of anilines is 1. The summed E-state index contributed by atoms with van der Waals surface area (Å²) in [5.74, 6) is 0.440. The third-order valence-electron chi connectivity index (χ3n) is 4.20. The molecule has 7 heteroatoms. The van der Waals surface area contributed by atoms with Crippen LogP contribution in [-0.4, -0.2) is 34.6 Å². The van der Waals surface area contributed by atoms with Gasteiger partial charge in [-0.2, -0.15) is 5.10 Å². The monoisotopic (exact) mass is 342 g/mol. The SMILES string of the molecule is CC(C)n1ncc(NC2C(N)C3CCOC32)c(Br)c1=O. The lowest BCUT2D eigenvalue weighted by Crippen LogP contribution is -2.65. The van der Waals surface area contributed by atoms with E-state index in [1.54, 1.807) is 6.20 Å². The molecule has 1 aromatic heterocycles. The maximum atomic E-state index is 12.2. The van der Waals surface area contributed by atoms with Gasteiger partial charge in [0.15, 0.2) is 0 Å². The van der Waals surface area contributed by atoms with E-state index in [-0.39, 0.29) is 29.8 Å². The Morgan fingerprint density at radius 2 is 2.35 bits per heavy atom. The number of nitrogens with two attached hydrogens (primary N) is 1. The van der Waals surface area contributed by atoms with E-state index in [1.807, 2.05) is 13.8 Å². The quantitative estimate of drug-likeness (QED) is 0.859. The highest BCUT2D eigenvalue weighted by atomic mass is 79.9. The van der Waals surface area contributed by atoms with Crippen LogP contribution in [0.3, 0.4) is 0 Å². The molecule has 4 atom stereocenters. The fraction of sp³-hybridized carbons (Fsp3) is 0.692. The predicted molar refractivity (Wildman–Crippen MR) is 79.8 cm³/mol. The minimum Gasteiger partial charge on any atom is -0.376 e. The number of hydrogen-bond donors (Lipinski definition) is 2. The molecule has 20 heavy (non-hydrogen) atoms. The molecular weight excluding hydrogens is 324 g/mol. The molecule has 0 spiro atoms.